The van der Waals surface area contributed by atoms with E-state index < -0.39 is 0 Å². The number of nitrogens with zero attached hydrogens (tertiary/aromatic N) is 2. The lowest BCUT2D eigenvalue weighted by Crippen LogP contribution is -2.19. The molecule has 4 rings (SSSR count). The average Bonchev–Trinajstić information content (AvgIpc) is 3.02. The summed E-state index contributed by atoms with van der Waals surface area (Å²) in [4.78, 5) is 6.83. The molecule has 2 nitrogen and oxygen atoms in total. The van der Waals surface area contributed by atoms with Crippen LogP contribution in [0.2, 0.25) is 0 Å². The molecule has 0 aliphatic carbocycles. The summed E-state index contributed by atoms with van der Waals surface area (Å²) in [5.74, 6) is 0. The Morgan fingerprint density at radius 2 is 2.11 bits per heavy atom. The highest BCUT2D eigenvalue weighted by atomic mass is 79.9. The van der Waals surface area contributed by atoms with E-state index in [9.17, 15) is 0 Å². The van der Waals surface area contributed by atoms with Gasteiger partial charge in [-0.3, -0.25) is 4.99 Å². The van der Waals surface area contributed by atoms with Crippen LogP contribution in [0.1, 0.15) is 5.56 Å². The second kappa shape index (κ2) is 4.72. The van der Waals surface area contributed by atoms with Crippen LogP contribution in [0.4, 0.5) is 0 Å². The Kier molecular flexibility index (Phi) is 3.21. The van der Waals surface area contributed by atoms with Crippen LogP contribution < -0.4 is 0 Å². The standard InChI is InChI=1S/C13H10N2S2.BrH/c1-2-4-12-9(3-1)10(7-16-12)11-8-17-13-14-5-6-15(11)13;/h1-4,7-8H,5-6H2;1H. The van der Waals surface area contributed by atoms with Gasteiger partial charge in [0, 0.05) is 33.0 Å². The third-order valence-corrected chi connectivity index (χ3v) is 4.99. The number of fused-ring (bicyclic) bond motifs is 2. The Morgan fingerprint density at radius 3 is 3.06 bits per heavy atom. The highest BCUT2D eigenvalue weighted by Crippen LogP contribution is 2.39. The van der Waals surface area contributed by atoms with Gasteiger partial charge < -0.3 is 4.90 Å². The van der Waals surface area contributed by atoms with E-state index in [4.69, 9.17) is 0 Å². The summed E-state index contributed by atoms with van der Waals surface area (Å²) in [5.41, 5.74) is 2.67. The molecule has 0 atom stereocenters. The van der Waals surface area contributed by atoms with Gasteiger partial charge in [-0.2, -0.15) is 0 Å². The van der Waals surface area contributed by atoms with E-state index in [1.54, 1.807) is 11.8 Å². The van der Waals surface area contributed by atoms with Crippen LogP contribution >= 0.6 is 40.1 Å². The summed E-state index contributed by atoms with van der Waals surface area (Å²) in [6.07, 6.45) is 0. The van der Waals surface area contributed by atoms with E-state index in [0.717, 1.165) is 18.3 Å². The second-order valence-electron chi connectivity index (χ2n) is 4.08. The number of thiophene rings is 1. The maximum absolute atomic E-state index is 4.49. The lowest BCUT2D eigenvalue weighted by molar-refractivity contribution is 0.651. The molecule has 0 saturated heterocycles. The number of benzene rings is 1. The van der Waals surface area contributed by atoms with Crippen LogP contribution in [0.25, 0.3) is 15.8 Å². The summed E-state index contributed by atoms with van der Waals surface area (Å²) in [7, 11) is 0. The number of hydrogen-bond acceptors (Lipinski definition) is 4. The summed E-state index contributed by atoms with van der Waals surface area (Å²) < 4.78 is 1.36. The first-order valence-electron chi connectivity index (χ1n) is 5.59. The number of thioether (sulfide) groups is 1. The maximum Gasteiger partial charge on any atom is 0.168 e. The lowest BCUT2D eigenvalue weighted by Gasteiger charge is -2.15. The largest absolute Gasteiger partial charge is 0.318 e. The summed E-state index contributed by atoms with van der Waals surface area (Å²) in [6.45, 7) is 1.96. The first-order chi connectivity index (χ1) is 8.43. The molecular weight excluding hydrogens is 328 g/mol. The fourth-order valence-electron chi connectivity index (χ4n) is 2.31. The van der Waals surface area contributed by atoms with Crippen molar-refractivity contribution in [3.63, 3.8) is 0 Å². The van der Waals surface area contributed by atoms with E-state index in [1.165, 1.54) is 21.3 Å². The maximum atomic E-state index is 4.49. The molecule has 18 heavy (non-hydrogen) atoms. The monoisotopic (exact) mass is 338 g/mol. The molecule has 3 heterocycles. The van der Waals surface area contributed by atoms with Crippen LogP contribution in [0.15, 0.2) is 40.0 Å². The Bertz CT molecular complexity index is 660. The average molecular weight is 339 g/mol. The van der Waals surface area contributed by atoms with Crippen molar-refractivity contribution in [1.82, 2.24) is 4.90 Å². The van der Waals surface area contributed by atoms with Crippen LogP contribution in [0.3, 0.4) is 0 Å². The van der Waals surface area contributed by atoms with Crippen molar-refractivity contribution >= 4 is 61.0 Å². The zero-order valence-electron chi connectivity index (χ0n) is 9.50. The van der Waals surface area contributed by atoms with Gasteiger partial charge in [0.15, 0.2) is 5.17 Å². The van der Waals surface area contributed by atoms with E-state index in [1.807, 2.05) is 11.3 Å². The minimum Gasteiger partial charge on any atom is -0.318 e. The molecule has 2 aliphatic heterocycles. The molecule has 0 amide bonds. The topological polar surface area (TPSA) is 15.6 Å². The summed E-state index contributed by atoms with van der Waals surface area (Å²) in [5, 5.41) is 7.01. The third kappa shape index (κ3) is 1.73. The molecule has 0 spiro atoms. The van der Waals surface area contributed by atoms with Gasteiger partial charge in [0.2, 0.25) is 0 Å². The molecule has 0 fully saturated rings. The molecule has 5 heteroatoms. The Labute approximate surface area is 124 Å². The van der Waals surface area contributed by atoms with Gasteiger partial charge in [0.25, 0.3) is 0 Å². The molecule has 92 valence electrons. The third-order valence-electron chi connectivity index (χ3n) is 3.13. The highest BCUT2D eigenvalue weighted by Gasteiger charge is 2.28. The van der Waals surface area contributed by atoms with Crippen molar-refractivity contribution in [2.75, 3.05) is 13.1 Å². The minimum absolute atomic E-state index is 0. The number of rotatable bonds is 1. The van der Waals surface area contributed by atoms with Gasteiger partial charge in [-0.25, -0.2) is 0 Å². The predicted octanol–water partition coefficient (Wildman–Crippen LogP) is 4.20. The summed E-state index contributed by atoms with van der Waals surface area (Å²) in [6, 6.07) is 8.60. The normalized spacial score (nSPS) is 17.4. The van der Waals surface area contributed by atoms with Crippen molar-refractivity contribution in [3.05, 3.63) is 40.6 Å². The Hall–Kier alpha value is -0.780. The van der Waals surface area contributed by atoms with Crippen LogP contribution in [0, 0.1) is 0 Å². The fraction of sp³-hybridized carbons (Fsp3) is 0.154. The van der Waals surface area contributed by atoms with Gasteiger partial charge in [-0.1, -0.05) is 30.0 Å². The van der Waals surface area contributed by atoms with E-state index in [2.05, 4.69) is 44.9 Å². The van der Waals surface area contributed by atoms with Crippen molar-refractivity contribution in [1.29, 1.82) is 0 Å². The van der Waals surface area contributed by atoms with Gasteiger partial charge >= 0.3 is 0 Å². The predicted molar refractivity (Wildman–Crippen MR) is 86.7 cm³/mol. The van der Waals surface area contributed by atoms with Gasteiger partial charge in [-0.15, -0.1) is 28.3 Å². The van der Waals surface area contributed by atoms with Gasteiger partial charge in [0.05, 0.1) is 12.2 Å². The highest BCUT2D eigenvalue weighted by molar-refractivity contribution is 8.93. The Balaban J connectivity index is 0.000001000. The van der Waals surface area contributed by atoms with E-state index >= 15 is 0 Å². The number of aliphatic imine (C=N–C) groups is 1. The molecule has 0 radical (unpaired) electrons. The molecule has 0 bridgehead atoms. The number of amidine groups is 1. The van der Waals surface area contributed by atoms with E-state index in [0.29, 0.717) is 0 Å². The molecule has 1 aromatic heterocycles. The van der Waals surface area contributed by atoms with Crippen molar-refractivity contribution in [2.24, 2.45) is 4.99 Å². The SMILES string of the molecule is Br.C1=C(c2csc3ccccc23)N2CCN=C2S1. The van der Waals surface area contributed by atoms with Crippen LogP contribution in [-0.2, 0) is 0 Å². The van der Waals surface area contributed by atoms with Crippen molar-refractivity contribution in [2.45, 2.75) is 0 Å². The quantitative estimate of drug-likeness (QED) is 0.774. The lowest BCUT2D eigenvalue weighted by atomic mass is 10.1. The van der Waals surface area contributed by atoms with Crippen LogP contribution in [0.5, 0.6) is 0 Å². The number of halogens is 1. The molecule has 0 N–H and O–H groups in total. The molecule has 0 saturated carbocycles. The smallest absolute Gasteiger partial charge is 0.168 e. The molecule has 1 aromatic carbocycles. The first-order valence-corrected chi connectivity index (χ1v) is 7.35. The van der Waals surface area contributed by atoms with Crippen LogP contribution in [-0.4, -0.2) is 23.2 Å². The zero-order valence-corrected chi connectivity index (χ0v) is 12.8. The minimum atomic E-state index is 0. The van der Waals surface area contributed by atoms with Gasteiger partial charge in [-0.05, 0) is 6.07 Å². The van der Waals surface area contributed by atoms with Crippen molar-refractivity contribution in [3.8, 4) is 0 Å². The number of hydrogen-bond donors (Lipinski definition) is 0. The van der Waals surface area contributed by atoms with Gasteiger partial charge in [0.1, 0.15) is 0 Å². The molecule has 2 aromatic rings. The molecule has 2 aliphatic rings. The zero-order chi connectivity index (χ0) is 11.2. The fourth-order valence-corrected chi connectivity index (χ4v) is 4.22. The summed E-state index contributed by atoms with van der Waals surface area (Å²) >= 11 is 3.56. The Morgan fingerprint density at radius 1 is 1.22 bits per heavy atom. The van der Waals surface area contributed by atoms with E-state index in [-0.39, 0.29) is 17.0 Å². The molecule has 0 unspecified atom stereocenters. The molecular formula is C13H11BrN2S2. The van der Waals surface area contributed by atoms with Crippen molar-refractivity contribution < 1.29 is 0 Å². The first kappa shape index (κ1) is 12.3. The second-order valence-corrected chi connectivity index (χ2v) is 5.83.